The number of alkyl halides is 3. The lowest BCUT2D eigenvalue weighted by Crippen LogP contribution is -2.29. The molecule has 3 rings (SSSR count). The molecule has 0 aliphatic heterocycles. The Morgan fingerprint density at radius 1 is 1.09 bits per heavy atom. The van der Waals surface area contributed by atoms with Gasteiger partial charge < -0.3 is 4.18 Å². The molecule has 5 nitrogen and oxygen atoms in total. The first-order chi connectivity index (χ1) is 10.8. The van der Waals surface area contributed by atoms with E-state index in [9.17, 15) is 21.6 Å². The van der Waals surface area contributed by atoms with Gasteiger partial charge in [0.2, 0.25) is 5.88 Å². The predicted octanol–water partition coefficient (Wildman–Crippen LogP) is 2.98. The summed E-state index contributed by atoms with van der Waals surface area (Å²) < 4.78 is 66.3. The fourth-order valence-electron chi connectivity index (χ4n) is 2.51. The summed E-state index contributed by atoms with van der Waals surface area (Å²) in [6.45, 7) is 0. The standard InChI is InChI=1S/C14H13F3N2O3S/c15-14(16,17)23(20,21)22-13-11-8-4-5-9-12(11)18-19(13)10-6-2-1-3-7-10/h1-3,6-7H,4-5,8-9H2. The zero-order chi connectivity index (χ0) is 16.7. The number of hydrogen-bond acceptors (Lipinski definition) is 4. The molecule has 0 bridgehead atoms. The number of benzene rings is 1. The fraction of sp³-hybridized carbons (Fsp3) is 0.357. The number of nitrogens with zero attached hydrogens (tertiary/aromatic N) is 2. The molecule has 2 aromatic rings. The number of fused-ring (bicyclic) bond motifs is 1. The van der Waals surface area contributed by atoms with Crippen LogP contribution in [0.1, 0.15) is 24.1 Å². The van der Waals surface area contributed by atoms with Crippen LogP contribution >= 0.6 is 0 Å². The minimum absolute atomic E-state index is 0.372. The highest BCUT2D eigenvalue weighted by atomic mass is 32.2. The maximum atomic E-state index is 12.6. The summed E-state index contributed by atoms with van der Waals surface area (Å²) in [6.07, 6.45) is 2.61. The van der Waals surface area contributed by atoms with Gasteiger partial charge in [0.05, 0.1) is 11.4 Å². The Labute approximate surface area is 130 Å². The van der Waals surface area contributed by atoms with Crippen molar-refractivity contribution in [2.75, 3.05) is 0 Å². The monoisotopic (exact) mass is 346 g/mol. The van der Waals surface area contributed by atoms with E-state index in [-0.39, 0.29) is 5.88 Å². The quantitative estimate of drug-likeness (QED) is 0.633. The smallest absolute Gasteiger partial charge is 0.355 e. The van der Waals surface area contributed by atoms with Crippen LogP contribution in [-0.2, 0) is 23.0 Å². The Kier molecular flexibility index (Phi) is 3.83. The van der Waals surface area contributed by atoms with Crippen LogP contribution in [-0.4, -0.2) is 23.7 Å². The maximum absolute atomic E-state index is 12.6. The Morgan fingerprint density at radius 2 is 1.74 bits per heavy atom. The molecule has 23 heavy (non-hydrogen) atoms. The normalized spacial score (nSPS) is 15.3. The SMILES string of the molecule is O=S(=O)(Oc1c2c(nn1-c1ccccc1)CCCC2)C(F)(F)F. The lowest BCUT2D eigenvalue weighted by atomic mass is 9.98. The van der Waals surface area contributed by atoms with Gasteiger partial charge in [-0.05, 0) is 37.8 Å². The zero-order valence-corrected chi connectivity index (χ0v) is 12.7. The second-order valence-corrected chi connectivity index (χ2v) is 6.71. The van der Waals surface area contributed by atoms with Crippen LogP contribution in [0.2, 0.25) is 0 Å². The molecule has 0 unspecified atom stereocenters. The van der Waals surface area contributed by atoms with E-state index in [4.69, 9.17) is 0 Å². The Balaban J connectivity index is 2.13. The largest absolute Gasteiger partial charge is 0.534 e. The summed E-state index contributed by atoms with van der Waals surface area (Å²) in [5, 5.41) is 4.25. The van der Waals surface area contributed by atoms with Crippen molar-refractivity contribution in [3.8, 4) is 11.6 Å². The van der Waals surface area contributed by atoms with Crippen LogP contribution in [0.15, 0.2) is 30.3 Å². The van der Waals surface area contributed by atoms with Gasteiger partial charge in [0.15, 0.2) is 0 Å². The third kappa shape index (κ3) is 2.92. The summed E-state index contributed by atoms with van der Waals surface area (Å²) in [4.78, 5) is 0. The molecule has 1 aromatic carbocycles. The van der Waals surface area contributed by atoms with Crippen LogP contribution < -0.4 is 4.18 Å². The molecule has 0 saturated heterocycles. The van der Waals surface area contributed by atoms with Gasteiger partial charge in [0.1, 0.15) is 0 Å². The fourth-order valence-corrected chi connectivity index (χ4v) is 2.98. The second kappa shape index (κ2) is 5.55. The average molecular weight is 346 g/mol. The van der Waals surface area contributed by atoms with E-state index in [1.807, 2.05) is 0 Å². The van der Waals surface area contributed by atoms with Crippen molar-refractivity contribution in [2.45, 2.75) is 31.2 Å². The van der Waals surface area contributed by atoms with E-state index in [2.05, 4.69) is 9.28 Å². The highest BCUT2D eigenvalue weighted by molar-refractivity contribution is 7.87. The number of rotatable bonds is 3. The molecule has 9 heteroatoms. The third-order valence-corrected chi connectivity index (χ3v) is 4.53. The van der Waals surface area contributed by atoms with Crippen LogP contribution in [0.25, 0.3) is 5.69 Å². The van der Waals surface area contributed by atoms with E-state index in [0.717, 1.165) is 17.5 Å². The highest BCUT2D eigenvalue weighted by Crippen LogP contribution is 2.35. The molecular weight excluding hydrogens is 333 g/mol. The lowest BCUT2D eigenvalue weighted by molar-refractivity contribution is -0.0502. The van der Waals surface area contributed by atoms with Gasteiger partial charge >= 0.3 is 15.6 Å². The van der Waals surface area contributed by atoms with Crippen molar-refractivity contribution >= 4 is 10.1 Å². The van der Waals surface area contributed by atoms with Crippen LogP contribution in [0.4, 0.5) is 13.2 Å². The first kappa shape index (κ1) is 15.9. The van der Waals surface area contributed by atoms with Gasteiger partial charge in [-0.25, -0.2) is 0 Å². The minimum atomic E-state index is -5.75. The van der Waals surface area contributed by atoms with Crippen molar-refractivity contribution in [1.82, 2.24) is 9.78 Å². The van der Waals surface area contributed by atoms with Gasteiger partial charge in [-0.1, -0.05) is 18.2 Å². The van der Waals surface area contributed by atoms with Crippen molar-refractivity contribution in [3.63, 3.8) is 0 Å². The average Bonchev–Trinajstić information content (AvgIpc) is 2.85. The Bertz CT molecular complexity index is 814. The van der Waals surface area contributed by atoms with E-state index >= 15 is 0 Å². The first-order valence-electron chi connectivity index (χ1n) is 6.96. The topological polar surface area (TPSA) is 61.2 Å². The van der Waals surface area contributed by atoms with Crippen LogP contribution in [0.3, 0.4) is 0 Å². The van der Waals surface area contributed by atoms with Crippen molar-refractivity contribution in [1.29, 1.82) is 0 Å². The van der Waals surface area contributed by atoms with Gasteiger partial charge in [-0.2, -0.15) is 31.4 Å². The van der Waals surface area contributed by atoms with E-state index in [1.54, 1.807) is 30.3 Å². The van der Waals surface area contributed by atoms with Crippen molar-refractivity contribution in [2.24, 2.45) is 0 Å². The summed E-state index contributed by atoms with van der Waals surface area (Å²) >= 11 is 0. The van der Waals surface area contributed by atoms with Gasteiger partial charge in [0, 0.05) is 5.56 Å². The third-order valence-electron chi connectivity index (χ3n) is 3.58. The Hall–Kier alpha value is -2.03. The predicted molar refractivity (Wildman–Crippen MR) is 75.8 cm³/mol. The van der Waals surface area contributed by atoms with Gasteiger partial charge in [-0.3, -0.25) is 0 Å². The van der Waals surface area contributed by atoms with E-state index in [0.29, 0.717) is 29.8 Å². The van der Waals surface area contributed by atoms with E-state index in [1.165, 1.54) is 0 Å². The number of aryl methyl sites for hydroxylation is 1. The molecular formula is C14H13F3N2O3S. The molecule has 0 radical (unpaired) electrons. The minimum Gasteiger partial charge on any atom is -0.355 e. The molecule has 1 heterocycles. The summed E-state index contributed by atoms with van der Waals surface area (Å²) in [7, 11) is -5.75. The number of para-hydroxylation sites is 1. The second-order valence-electron chi connectivity index (χ2n) is 5.17. The molecule has 0 saturated carbocycles. The maximum Gasteiger partial charge on any atom is 0.534 e. The molecule has 0 atom stereocenters. The van der Waals surface area contributed by atoms with Gasteiger partial charge in [0.25, 0.3) is 0 Å². The van der Waals surface area contributed by atoms with Crippen molar-refractivity contribution in [3.05, 3.63) is 41.6 Å². The molecule has 0 N–H and O–H groups in total. The molecule has 1 aliphatic carbocycles. The molecule has 0 fully saturated rings. The number of aromatic nitrogens is 2. The summed E-state index contributed by atoms with van der Waals surface area (Å²) in [6, 6.07) is 8.33. The molecule has 124 valence electrons. The number of hydrogen-bond donors (Lipinski definition) is 0. The Morgan fingerprint density at radius 3 is 2.39 bits per heavy atom. The summed E-state index contributed by atoms with van der Waals surface area (Å²) in [5.41, 5.74) is -4.05. The summed E-state index contributed by atoms with van der Waals surface area (Å²) in [5.74, 6) is -0.372. The van der Waals surface area contributed by atoms with Gasteiger partial charge in [-0.15, -0.1) is 0 Å². The van der Waals surface area contributed by atoms with E-state index < -0.39 is 15.6 Å². The van der Waals surface area contributed by atoms with Crippen LogP contribution in [0.5, 0.6) is 5.88 Å². The van der Waals surface area contributed by atoms with Crippen molar-refractivity contribution < 1.29 is 25.8 Å². The first-order valence-corrected chi connectivity index (χ1v) is 8.37. The molecule has 1 aromatic heterocycles. The highest BCUT2D eigenvalue weighted by Gasteiger charge is 2.49. The molecule has 0 spiro atoms. The zero-order valence-electron chi connectivity index (χ0n) is 11.9. The molecule has 1 aliphatic rings. The molecule has 0 amide bonds. The van der Waals surface area contributed by atoms with Crippen LogP contribution in [0, 0.1) is 0 Å². The number of halogens is 3. The lowest BCUT2D eigenvalue weighted by Gasteiger charge is -2.14.